The first kappa shape index (κ1) is 15.5. The van der Waals surface area contributed by atoms with Crippen LogP contribution in [0.5, 0.6) is 0 Å². The molecule has 0 aliphatic rings. The number of para-hydroxylation sites is 2. The summed E-state index contributed by atoms with van der Waals surface area (Å²) in [7, 11) is 0. The van der Waals surface area contributed by atoms with Crippen LogP contribution in [0.2, 0.25) is 0 Å². The van der Waals surface area contributed by atoms with E-state index in [0.29, 0.717) is 17.2 Å². The van der Waals surface area contributed by atoms with E-state index < -0.39 is 0 Å². The van der Waals surface area contributed by atoms with Crippen LogP contribution in [-0.2, 0) is 6.42 Å². The van der Waals surface area contributed by atoms with Crippen molar-refractivity contribution in [2.45, 2.75) is 13.3 Å². The van der Waals surface area contributed by atoms with Crippen molar-refractivity contribution in [3.63, 3.8) is 0 Å². The third-order valence-electron chi connectivity index (χ3n) is 3.64. The molecule has 0 atom stereocenters. The summed E-state index contributed by atoms with van der Waals surface area (Å²) in [6.45, 7) is 2.12. The highest BCUT2D eigenvalue weighted by Crippen LogP contribution is 2.23. The van der Waals surface area contributed by atoms with Gasteiger partial charge in [0, 0.05) is 11.8 Å². The Morgan fingerprint density at radius 2 is 1.54 bits per heavy atom. The lowest BCUT2D eigenvalue weighted by Crippen LogP contribution is -2.01. The van der Waals surface area contributed by atoms with Gasteiger partial charge >= 0.3 is 0 Å². The van der Waals surface area contributed by atoms with Gasteiger partial charge in [-0.05, 0) is 30.2 Å². The third kappa shape index (κ3) is 3.50. The maximum absolute atomic E-state index is 9.17. The number of hydrogen-bond donors (Lipinski definition) is 2. The van der Waals surface area contributed by atoms with Crippen molar-refractivity contribution in [3.05, 3.63) is 72.1 Å². The van der Waals surface area contributed by atoms with E-state index in [1.54, 1.807) is 6.07 Å². The zero-order chi connectivity index (χ0) is 16.8. The van der Waals surface area contributed by atoms with E-state index >= 15 is 0 Å². The van der Waals surface area contributed by atoms with Gasteiger partial charge in [0.25, 0.3) is 0 Å². The third-order valence-corrected chi connectivity index (χ3v) is 3.64. The van der Waals surface area contributed by atoms with E-state index in [4.69, 9.17) is 5.26 Å². The van der Waals surface area contributed by atoms with Gasteiger partial charge in [0.05, 0.1) is 11.3 Å². The van der Waals surface area contributed by atoms with Gasteiger partial charge in [-0.1, -0.05) is 37.3 Å². The number of nitriles is 1. The Morgan fingerprint density at radius 3 is 2.25 bits per heavy atom. The number of rotatable bonds is 5. The van der Waals surface area contributed by atoms with Crippen molar-refractivity contribution in [1.82, 2.24) is 9.97 Å². The Balaban J connectivity index is 1.83. The van der Waals surface area contributed by atoms with Crippen molar-refractivity contribution >= 4 is 23.0 Å². The molecule has 118 valence electrons. The van der Waals surface area contributed by atoms with Crippen molar-refractivity contribution in [2.75, 3.05) is 10.6 Å². The van der Waals surface area contributed by atoms with Gasteiger partial charge in [0.15, 0.2) is 0 Å². The number of aromatic nitrogens is 2. The first-order valence-electron chi connectivity index (χ1n) is 7.73. The molecule has 5 nitrogen and oxygen atoms in total. The van der Waals surface area contributed by atoms with Crippen LogP contribution in [0.1, 0.15) is 18.1 Å². The molecule has 0 aliphatic heterocycles. The minimum atomic E-state index is 0.571. The molecule has 0 fully saturated rings. The maximum atomic E-state index is 9.17. The number of anilines is 4. The minimum Gasteiger partial charge on any atom is -0.340 e. The highest BCUT2D eigenvalue weighted by Gasteiger charge is 2.05. The molecule has 24 heavy (non-hydrogen) atoms. The van der Waals surface area contributed by atoms with Gasteiger partial charge in [-0.3, -0.25) is 0 Å². The van der Waals surface area contributed by atoms with Gasteiger partial charge in [0.1, 0.15) is 24.0 Å². The number of hydrogen-bond acceptors (Lipinski definition) is 5. The van der Waals surface area contributed by atoms with Gasteiger partial charge in [-0.15, -0.1) is 0 Å². The Hall–Kier alpha value is -3.39. The predicted molar refractivity (Wildman–Crippen MR) is 95.6 cm³/mol. The number of benzene rings is 2. The van der Waals surface area contributed by atoms with Gasteiger partial charge < -0.3 is 10.6 Å². The first-order chi connectivity index (χ1) is 11.8. The van der Waals surface area contributed by atoms with Crippen LogP contribution in [0.15, 0.2) is 60.9 Å². The van der Waals surface area contributed by atoms with Crippen molar-refractivity contribution in [2.24, 2.45) is 0 Å². The molecule has 0 spiro atoms. The maximum Gasteiger partial charge on any atom is 0.135 e. The summed E-state index contributed by atoms with van der Waals surface area (Å²) in [6, 6.07) is 19.4. The first-order valence-corrected chi connectivity index (χ1v) is 7.73. The largest absolute Gasteiger partial charge is 0.340 e. The highest BCUT2D eigenvalue weighted by molar-refractivity contribution is 5.67. The second-order valence-electron chi connectivity index (χ2n) is 5.21. The standard InChI is InChI=1S/C19H17N5/c1-2-14-7-3-5-9-16(14)23-18-11-19(22-13-21-18)24-17-10-6-4-8-15(17)12-20/h3-11,13H,2H2,1H3,(H2,21,22,23,24). The number of nitrogens with zero attached hydrogens (tertiary/aromatic N) is 3. The van der Waals surface area contributed by atoms with Crippen LogP contribution in [0.3, 0.4) is 0 Å². The molecule has 3 rings (SSSR count). The molecule has 0 saturated heterocycles. The monoisotopic (exact) mass is 315 g/mol. The van der Waals surface area contributed by atoms with Crippen LogP contribution >= 0.6 is 0 Å². The van der Waals surface area contributed by atoms with Crippen LogP contribution in [-0.4, -0.2) is 9.97 Å². The average molecular weight is 315 g/mol. The molecule has 0 bridgehead atoms. The molecule has 2 N–H and O–H groups in total. The highest BCUT2D eigenvalue weighted by atomic mass is 15.1. The van der Waals surface area contributed by atoms with E-state index in [9.17, 15) is 0 Å². The van der Waals surface area contributed by atoms with Crippen LogP contribution < -0.4 is 10.6 Å². The lowest BCUT2D eigenvalue weighted by atomic mass is 10.1. The lowest BCUT2D eigenvalue weighted by Gasteiger charge is -2.11. The Morgan fingerprint density at radius 1 is 0.917 bits per heavy atom. The summed E-state index contributed by atoms with van der Waals surface area (Å²) in [5.41, 5.74) is 3.54. The summed E-state index contributed by atoms with van der Waals surface area (Å²) in [5.74, 6) is 1.33. The quantitative estimate of drug-likeness (QED) is 0.730. The molecule has 0 radical (unpaired) electrons. The van der Waals surface area contributed by atoms with E-state index in [1.807, 2.05) is 42.5 Å². The van der Waals surface area contributed by atoms with E-state index in [0.717, 1.165) is 17.8 Å². The predicted octanol–water partition coefficient (Wildman–Crippen LogP) is 4.40. The molecule has 0 unspecified atom stereocenters. The summed E-state index contributed by atoms with van der Waals surface area (Å²) in [6.07, 6.45) is 2.43. The second-order valence-corrected chi connectivity index (χ2v) is 5.21. The smallest absolute Gasteiger partial charge is 0.135 e. The van der Waals surface area contributed by atoms with Crippen molar-refractivity contribution < 1.29 is 0 Å². The van der Waals surface area contributed by atoms with Crippen LogP contribution in [0.4, 0.5) is 23.0 Å². The normalized spacial score (nSPS) is 10.0. The van der Waals surface area contributed by atoms with E-state index in [-0.39, 0.29) is 0 Å². The fourth-order valence-corrected chi connectivity index (χ4v) is 2.41. The van der Waals surface area contributed by atoms with Crippen molar-refractivity contribution in [1.29, 1.82) is 5.26 Å². The molecule has 0 aliphatic carbocycles. The number of nitrogens with one attached hydrogen (secondary N) is 2. The zero-order valence-electron chi connectivity index (χ0n) is 13.3. The lowest BCUT2D eigenvalue weighted by molar-refractivity contribution is 1.13. The number of aryl methyl sites for hydroxylation is 1. The fraction of sp³-hybridized carbons (Fsp3) is 0.105. The minimum absolute atomic E-state index is 0.571. The summed E-state index contributed by atoms with van der Waals surface area (Å²) in [5, 5.41) is 15.7. The molecule has 5 heteroatoms. The van der Waals surface area contributed by atoms with Crippen LogP contribution in [0, 0.1) is 11.3 Å². The zero-order valence-corrected chi connectivity index (χ0v) is 13.3. The summed E-state index contributed by atoms with van der Waals surface area (Å²) >= 11 is 0. The molecule has 3 aromatic rings. The second kappa shape index (κ2) is 7.25. The Bertz CT molecular complexity index is 883. The molecule has 1 heterocycles. The molecule has 0 saturated carbocycles. The summed E-state index contributed by atoms with van der Waals surface area (Å²) in [4.78, 5) is 8.49. The Kier molecular flexibility index (Phi) is 4.68. The molecular weight excluding hydrogens is 298 g/mol. The average Bonchev–Trinajstić information content (AvgIpc) is 2.63. The van der Waals surface area contributed by atoms with Gasteiger partial charge in [-0.25, -0.2) is 9.97 Å². The molecular formula is C19H17N5. The summed E-state index contributed by atoms with van der Waals surface area (Å²) < 4.78 is 0. The van der Waals surface area contributed by atoms with E-state index in [1.165, 1.54) is 11.9 Å². The fourth-order valence-electron chi connectivity index (χ4n) is 2.41. The van der Waals surface area contributed by atoms with Crippen LogP contribution in [0.25, 0.3) is 0 Å². The van der Waals surface area contributed by atoms with Gasteiger partial charge in [-0.2, -0.15) is 5.26 Å². The molecule has 1 aromatic heterocycles. The molecule has 0 amide bonds. The molecule has 2 aromatic carbocycles. The topological polar surface area (TPSA) is 73.6 Å². The SMILES string of the molecule is CCc1ccccc1Nc1cc(Nc2ccccc2C#N)ncn1. The Labute approximate surface area is 141 Å². The van der Waals surface area contributed by atoms with E-state index in [2.05, 4.69) is 39.7 Å². The van der Waals surface area contributed by atoms with Crippen molar-refractivity contribution in [3.8, 4) is 6.07 Å². The van der Waals surface area contributed by atoms with Gasteiger partial charge in [0.2, 0.25) is 0 Å².